The van der Waals surface area contributed by atoms with Gasteiger partial charge >= 0.3 is 0 Å². The number of ketones is 1. The van der Waals surface area contributed by atoms with Crippen molar-refractivity contribution in [2.45, 2.75) is 6.10 Å². The number of carbonyl (C=O) groups excluding carboxylic acids is 1. The van der Waals surface area contributed by atoms with Crippen molar-refractivity contribution in [3.63, 3.8) is 0 Å². The maximum atomic E-state index is 11.1. The van der Waals surface area contributed by atoms with Crippen LogP contribution in [0.4, 0.5) is 0 Å². The predicted octanol–water partition coefficient (Wildman–Crippen LogP) is -0.0241. The molecule has 3 nitrogen and oxygen atoms in total. The monoisotopic (exact) mass is 155 g/mol. The van der Waals surface area contributed by atoms with Crippen molar-refractivity contribution < 1.29 is 9.53 Å². The molecular weight excluding hydrogens is 142 g/mol. The molecular formula is C8H13NO2. The first-order chi connectivity index (χ1) is 5.29. The van der Waals surface area contributed by atoms with Crippen molar-refractivity contribution in [1.29, 1.82) is 0 Å². The Balaban J connectivity index is 2.55. The van der Waals surface area contributed by atoms with Crippen LogP contribution in [-0.4, -0.2) is 32.1 Å². The zero-order valence-electron chi connectivity index (χ0n) is 6.67. The molecule has 0 saturated carbocycles. The van der Waals surface area contributed by atoms with Crippen molar-refractivity contribution in [3.8, 4) is 0 Å². The number of hydrogen-bond acceptors (Lipinski definition) is 3. The minimum Gasteiger partial charge on any atom is -0.379 e. The Kier molecular flexibility index (Phi) is 2.79. The second-order valence-corrected chi connectivity index (χ2v) is 2.65. The number of rotatable bonds is 3. The molecule has 1 saturated heterocycles. The molecule has 1 heterocycles. The Labute approximate surface area is 66.4 Å². The van der Waals surface area contributed by atoms with E-state index in [-0.39, 0.29) is 17.8 Å². The SMILES string of the molecule is C=CC(=O)C1CNCC1OC. The first-order valence-corrected chi connectivity index (χ1v) is 3.69. The van der Waals surface area contributed by atoms with Gasteiger partial charge in [-0.05, 0) is 6.08 Å². The fourth-order valence-corrected chi connectivity index (χ4v) is 1.34. The zero-order valence-corrected chi connectivity index (χ0v) is 6.67. The summed E-state index contributed by atoms with van der Waals surface area (Å²) < 4.78 is 5.12. The number of nitrogens with one attached hydrogen (secondary N) is 1. The number of hydrogen-bond donors (Lipinski definition) is 1. The van der Waals surface area contributed by atoms with Crippen molar-refractivity contribution in [2.24, 2.45) is 5.92 Å². The van der Waals surface area contributed by atoms with Crippen molar-refractivity contribution >= 4 is 5.78 Å². The summed E-state index contributed by atoms with van der Waals surface area (Å²) in [6.07, 6.45) is 1.39. The summed E-state index contributed by atoms with van der Waals surface area (Å²) in [5, 5.41) is 3.09. The zero-order chi connectivity index (χ0) is 8.27. The Morgan fingerprint density at radius 3 is 3.00 bits per heavy atom. The van der Waals surface area contributed by atoms with E-state index in [9.17, 15) is 4.79 Å². The number of ether oxygens (including phenoxy) is 1. The van der Waals surface area contributed by atoms with Gasteiger partial charge in [-0.25, -0.2) is 0 Å². The van der Waals surface area contributed by atoms with Gasteiger partial charge in [-0.2, -0.15) is 0 Å². The Hall–Kier alpha value is -0.670. The first-order valence-electron chi connectivity index (χ1n) is 3.69. The van der Waals surface area contributed by atoms with Crippen molar-refractivity contribution in [1.82, 2.24) is 5.32 Å². The lowest BCUT2D eigenvalue weighted by molar-refractivity contribution is -0.120. The molecule has 0 amide bonds. The molecule has 1 aliphatic heterocycles. The van der Waals surface area contributed by atoms with Crippen LogP contribution in [-0.2, 0) is 9.53 Å². The second-order valence-electron chi connectivity index (χ2n) is 2.65. The maximum absolute atomic E-state index is 11.1. The fraction of sp³-hybridized carbons (Fsp3) is 0.625. The van der Waals surface area contributed by atoms with E-state index in [4.69, 9.17) is 4.74 Å². The molecule has 1 rings (SSSR count). The molecule has 1 fully saturated rings. The van der Waals surface area contributed by atoms with Gasteiger partial charge in [0.15, 0.2) is 5.78 Å². The van der Waals surface area contributed by atoms with E-state index in [1.165, 1.54) is 6.08 Å². The molecule has 3 heteroatoms. The van der Waals surface area contributed by atoms with Crippen LogP contribution in [0.1, 0.15) is 0 Å². The van der Waals surface area contributed by atoms with Crippen LogP contribution < -0.4 is 5.32 Å². The van der Waals surface area contributed by atoms with Crippen LogP contribution in [0.3, 0.4) is 0 Å². The summed E-state index contributed by atoms with van der Waals surface area (Å²) >= 11 is 0. The normalized spacial score (nSPS) is 30.3. The van der Waals surface area contributed by atoms with Gasteiger partial charge in [-0.1, -0.05) is 6.58 Å². The quantitative estimate of drug-likeness (QED) is 0.582. The van der Waals surface area contributed by atoms with Crippen LogP contribution in [0.5, 0.6) is 0 Å². The average Bonchev–Trinajstić information content (AvgIpc) is 2.50. The third-order valence-electron chi connectivity index (χ3n) is 2.03. The van der Waals surface area contributed by atoms with Crippen LogP contribution in [0.25, 0.3) is 0 Å². The fourth-order valence-electron chi connectivity index (χ4n) is 1.34. The highest BCUT2D eigenvalue weighted by Gasteiger charge is 2.30. The average molecular weight is 155 g/mol. The molecule has 0 aromatic heterocycles. The third kappa shape index (κ3) is 1.67. The van der Waals surface area contributed by atoms with Crippen LogP contribution in [0.15, 0.2) is 12.7 Å². The summed E-state index contributed by atoms with van der Waals surface area (Å²) in [7, 11) is 1.63. The molecule has 2 atom stereocenters. The van der Waals surface area contributed by atoms with E-state index in [0.29, 0.717) is 6.54 Å². The van der Waals surface area contributed by atoms with Gasteiger partial charge in [-0.3, -0.25) is 4.79 Å². The Morgan fingerprint density at radius 1 is 1.73 bits per heavy atom. The lowest BCUT2D eigenvalue weighted by Crippen LogP contribution is -2.26. The van der Waals surface area contributed by atoms with E-state index in [1.54, 1.807) is 7.11 Å². The first kappa shape index (κ1) is 8.43. The van der Waals surface area contributed by atoms with Crippen molar-refractivity contribution in [3.05, 3.63) is 12.7 Å². The molecule has 0 aromatic carbocycles. The molecule has 0 spiro atoms. The Morgan fingerprint density at radius 2 is 2.45 bits per heavy atom. The van der Waals surface area contributed by atoms with Crippen LogP contribution >= 0.6 is 0 Å². The number of carbonyl (C=O) groups is 1. The van der Waals surface area contributed by atoms with Gasteiger partial charge in [-0.15, -0.1) is 0 Å². The summed E-state index contributed by atoms with van der Waals surface area (Å²) in [4.78, 5) is 11.1. The predicted molar refractivity (Wildman–Crippen MR) is 42.4 cm³/mol. The van der Waals surface area contributed by atoms with Crippen LogP contribution in [0.2, 0.25) is 0 Å². The van der Waals surface area contributed by atoms with E-state index in [0.717, 1.165) is 6.54 Å². The van der Waals surface area contributed by atoms with E-state index < -0.39 is 0 Å². The molecule has 1 aliphatic rings. The number of allylic oxidation sites excluding steroid dienone is 1. The van der Waals surface area contributed by atoms with Gasteiger partial charge in [0.05, 0.1) is 12.0 Å². The summed E-state index contributed by atoms with van der Waals surface area (Å²) in [5.41, 5.74) is 0. The molecule has 1 N–H and O–H groups in total. The molecule has 0 aromatic rings. The third-order valence-corrected chi connectivity index (χ3v) is 2.03. The summed E-state index contributed by atoms with van der Waals surface area (Å²) in [6, 6.07) is 0. The van der Waals surface area contributed by atoms with Crippen LogP contribution in [0, 0.1) is 5.92 Å². The minimum atomic E-state index is -0.0301. The van der Waals surface area contributed by atoms with E-state index in [2.05, 4.69) is 11.9 Å². The molecule has 11 heavy (non-hydrogen) atoms. The van der Waals surface area contributed by atoms with Gasteiger partial charge in [0, 0.05) is 20.2 Å². The van der Waals surface area contributed by atoms with Crippen molar-refractivity contribution in [2.75, 3.05) is 20.2 Å². The lowest BCUT2D eigenvalue weighted by Gasteiger charge is -2.12. The second kappa shape index (κ2) is 3.64. The summed E-state index contributed by atoms with van der Waals surface area (Å²) in [6.45, 7) is 4.92. The molecule has 0 bridgehead atoms. The largest absolute Gasteiger partial charge is 0.379 e. The lowest BCUT2D eigenvalue weighted by atomic mass is 10.0. The highest BCUT2D eigenvalue weighted by molar-refractivity contribution is 5.92. The highest BCUT2D eigenvalue weighted by atomic mass is 16.5. The standard InChI is InChI=1S/C8H13NO2/c1-3-7(10)6-4-9-5-8(6)11-2/h3,6,8-9H,1,4-5H2,2H3. The number of methoxy groups -OCH3 is 1. The highest BCUT2D eigenvalue weighted by Crippen LogP contribution is 2.13. The van der Waals surface area contributed by atoms with Gasteiger partial charge in [0.1, 0.15) is 0 Å². The molecule has 0 radical (unpaired) electrons. The topological polar surface area (TPSA) is 38.3 Å². The summed E-state index contributed by atoms with van der Waals surface area (Å²) in [5.74, 6) is 0.0411. The minimum absolute atomic E-state index is 0.0282. The molecule has 2 unspecified atom stereocenters. The van der Waals surface area contributed by atoms with Gasteiger partial charge in [0.25, 0.3) is 0 Å². The van der Waals surface area contributed by atoms with Gasteiger partial charge < -0.3 is 10.1 Å². The molecule has 62 valence electrons. The van der Waals surface area contributed by atoms with E-state index in [1.807, 2.05) is 0 Å². The maximum Gasteiger partial charge on any atom is 0.162 e. The van der Waals surface area contributed by atoms with E-state index >= 15 is 0 Å². The molecule has 0 aliphatic carbocycles. The Bertz CT molecular complexity index is 167. The van der Waals surface area contributed by atoms with Gasteiger partial charge in [0.2, 0.25) is 0 Å². The smallest absolute Gasteiger partial charge is 0.162 e.